The number of nitrogens with zero attached hydrogens (tertiary/aromatic N) is 3. The molecule has 22 heavy (non-hydrogen) atoms. The Hall–Kier alpha value is -1.75. The van der Waals surface area contributed by atoms with Gasteiger partial charge in [0.05, 0.1) is 15.9 Å². The van der Waals surface area contributed by atoms with E-state index in [-0.39, 0.29) is 5.69 Å². The molecular formula is C11H11Br2N3O6. The molecule has 0 atom stereocenters. The third kappa shape index (κ3) is 4.13. The first-order chi connectivity index (χ1) is 10.3. The van der Waals surface area contributed by atoms with Crippen molar-refractivity contribution >= 4 is 54.9 Å². The smallest absolute Gasteiger partial charge is 0.342 e. The van der Waals surface area contributed by atoms with Gasteiger partial charge in [-0.25, -0.2) is 4.79 Å². The Morgan fingerprint density at radius 1 is 1.09 bits per heavy atom. The molecule has 0 aliphatic rings. The molecule has 0 amide bonds. The molecule has 1 N–H and O–H groups in total. The summed E-state index contributed by atoms with van der Waals surface area (Å²) in [5.41, 5.74) is -1.86. The van der Waals surface area contributed by atoms with Crippen LogP contribution >= 0.6 is 31.9 Å². The van der Waals surface area contributed by atoms with Gasteiger partial charge in [0.1, 0.15) is 11.3 Å². The molecule has 1 rings (SSSR count). The van der Waals surface area contributed by atoms with Crippen LogP contribution in [0.3, 0.4) is 0 Å². The maximum absolute atomic E-state index is 11.2. The molecular weight excluding hydrogens is 430 g/mol. The molecule has 0 saturated heterocycles. The van der Waals surface area contributed by atoms with Crippen LogP contribution in [0.15, 0.2) is 12.1 Å². The summed E-state index contributed by atoms with van der Waals surface area (Å²) in [6.07, 6.45) is 0. The Balaban J connectivity index is 3.59. The monoisotopic (exact) mass is 439 g/mol. The molecule has 0 unspecified atom stereocenters. The number of nitro benzene ring substituents is 2. The predicted octanol–water partition coefficient (Wildman–Crippen LogP) is 2.80. The number of aromatic carboxylic acids is 1. The summed E-state index contributed by atoms with van der Waals surface area (Å²) < 4.78 is 0. The van der Waals surface area contributed by atoms with Crippen molar-refractivity contribution in [2.75, 3.05) is 28.6 Å². The molecule has 11 heteroatoms. The third-order valence-electron chi connectivity index (χ3n) is 2.77. The zero-order chi connectivity index (χ0) is 16.9. The van der Waals surface area contributed by atoms with Crippen LogP contribution in [-0.2, 0) is 0 Å². The Bertz CT molecular complexity index is 604. The van der Waals surface area contributed by atoms with Crippen LogP contribution in [0.4, 0.5) is 17.1 Å². The number of carboxylic acids is 1. The molecule has 0 heterocycles. The first kappa shape index (κ1) is 18.3. The van der Waals surface area contributed by atoms with E-state index in [4.69, 9.17) is 5.11 Å². The number of hydrogen-bond donors (Lipinski definition) is 1. The van der Waals surface area contributed by atoms with Crippen molar-refractivity contribution in [2.24, 2.45) is 0 Å². The van der Waals surface area contributed by atoms with Gasteiger partial charge in [-0.05, 0) is 6.07 Å². The van der Waals surface area contributed by atoms with E-state index in [1.807, 2.05) is 0 Å². The summed E-state index contributed by atoms with van der Waals surface area (Å²) in [6.45, 7) is 0.757. The Morgan fingerprint density at radius 2 is 1.59 bits per heavy atom. The number of rotatable bonds is 8. The van der Waals surface area contributed by atoms with Crippen LogP contribution in [-0.4, -0.2) is 44.7 Å². The fraction of sp³-hybridized carbons (Fsp3) is 0.364. The Morgan fingerprint density at radius 3 is 1.95 bits per heavy atom. The quantitative estimate of drug-likeness (QED) is 0.374. The van der Waals surface area contributed by atoms with Gasteiger partial charge in [-0.1, -0.05) is 31.9 Å². The van der Waals surface area contributed by atoms with Crippen LogP contribution in [0.2, 0.25) is 0 Å². The van der Waals surface area contributed by atoms with E-state index in [1.54, 1.807) is 4.90 Å². The lowest BCUT2D eigenvalue weighted by Crippen LogP contribution is -2.28. The van der Waals surface area contributed by atoms with Crippen LogP contribution in [0.5, 0.6) is 0 Å². The van der Waals surface area contributed by atoms with Crippen LogP contribution in [0.1, 0.15) is 10.4 Å². The van der Waals surface area contributed by atoms with Crippen molar-refractivity contribution in [2.45, 2.75) is 0 Å². The average molecular weight is 441 g/mol. The lowest BCUT2D eigenvalue weighted by atomic mass is 10.1. The number of nitro groups is 2. The SMILES string of the molecule is O=C(O)c1cc(N(CCBr)CCBr)c([N+](=O)[O-])cc1[N+](=O)[O-]. The number of halogens is 2. The number of alkyl halides is 2. The largest absolute Gasteiger partial charge is 0.477 e. The molecule has 0 radical (unpaired) electrons. The second-order valence-electron chi connectivity index (χ2n) is 4.04. The molecule has 0 bridgehead atoms. The molecule has 1 aromatic carbocycles. The van der Waals surface area contributed by atoms with Gasteiger partial charge >= 0.3 is 5.97 Å². The van der Waals surface area contributed by atoms with Gasteiger partial charge in [-0.3, -0.25) is 20.2 Å². The fourth-order valence-corrected chi connectivity index (χ4v) is 2.70. The second-order valence-corrected chi connectivity index (χ2v) is 5.63. The van der Waals surface area contributed by atoms with E-state index in [1.165, 1.54) is 0 Å². The molecule has 0 aliphatic heterocycles. The Kier molecular flexibility index (Phi) is 6.68. The van der Waals surface area contributed by atoms with Crippen molar-refractivity contribution in [3.8, 4) is 0 Å². The van der Waals surface area contributed by atoms with Crippen molar-refractivity contribution in [1.82, 2.24) is 0 Å². The molecule has 0 saturated carbocycles. The number of benzene rings is 1. The zero-order valence-electron chi connectivity index (χ0n) is 11.1. The van der Waals surface area contributed by atoms with Gasteiger partial charge in [0.15, 0.2) is 0 Å². The van der Waals surface area contributed by atoms with Crippen LogP contribution < -0.4 is 4.90 Å². The first-order valence-corrected chi connectivity index (χ1v) is 8.14. The van der Waals surface area contributed by atoms with Gasteiger partial charge in [0.25, 0.3) is 11.4 Å². The van der Waals surface area contributed by atoms with E-state index in [2.05, 4.69) is 31.9 Å². The van der Waals surface area contributed by atoms with Gasteiger partial charge in [-0.15, -0.1) is 0 Å². The normalized spacial score (nSPS) is 10.3. The number of anilines is 1. The molecule has 120 valence electrons. The zero-order valence-corrected chi connectivity index (χ0v) is 14.2. The molecule has 1 aromatic rings. The van der Waals surface area contributed by atoms with E-state index in [0.717, 1.165) is 6.07 Å². The summed E-state index contributed by atoms with van der Waals surface area (Å²) in [7, 11) is 0. The number of carbonyl (C=O) groups is 1. The number of carboxylic acid groups (broad SMARTS) is 1. The molecule has 0 fully saturated rings. The van der Waals surface area contributed by atoms with Crippen molar-refractivity contribution in [1.29, 1.82) is 0 Å². The fourth-order valence-electron chi connectivity index (χ4n) is 1.84. The average Bonchev–Trinajstić information content (AvgIpc) is 2.45. The number of hydrogen-bond acceptors (Lipinski definition) is 6. The minimum atomic E-state index is -1.51. The van der Waals surface area contributed by atoms with Gasteiger partial charge in [-0.2, -0.15) is 0 Å². The summed E-state index contributed by atoms with van der Waals surface area (Å²) in [4.78, 5) is 33.2. The minimum Gasteiger partial charge on any atom is -0.477 e. The van der Waals surface area contributed by atoms with Gasteiger partial charge in [0, 0.05) is 23.7 Å². The lowest BCUT2D eigenvalue weighted by molar-refractivity contribution is -0.393. The summed E-state index contributed by atoms with van der Waals surface area (Å²) in [5, 5.41) is 32.2. The lowest BCUT2D eigenvalue weighted by Gasteiger charge is -2.23. The van der Waals surface area contributed by atoms with E-state index in [0.29, 0.717) is 29.8 Å². The molecule has 0 aromatic heterocycles. The first-order valence-electron chi connectivity index (χ1n) is 5.90. The standard InChI is InChI=1S/C11H11Br2N3O6/c12-1-3-14(4-2-13)9-5-7(11(17)18)8(15(19)20)6-10(9)16(21)22/h5-6H,1-4H2,(H,17,18). The van der Waals surface area contributed by atoms with Crippen LogP contribution in [0, 0.1) is 20.2 Å². The minimum absolute atomic E-state index is 0.0342. The molecule has 0 aliphatic carbocycles. The third-order valence-corrected chi connectivity index (χ3v) is 3.48. The van der Waals surface area contributed by atoms with E-state index >= 15 is 0 Å². The van der Waals surface area contributed by atoms with E-state index in [9.17, 15) is 25.0 Å². The van der Waals surface area contributed by atoms with Crippen molar-refractivity contribution < 1.29 is 19.7 Å². The van der Waals surface area contributed by atoms with E-state index < -0.39 is 32.8 Å². The Labute approximate surface area is 141 Å². The van der Waals surface area contributed by atoms with Crippen molar-refractivity contribution in [3.63, 3.8) is 0 Å². The second kappa shape index (κ2) is 8.03. The highest BCUT2D eigenvalue weighted by Crippen LogP contribution is 2.35. The van der Waals surface area contributed by atoms with Gasteiger partial charge in [0.2, 0.25) is 0 Å². The highest BCUT2D eigenvalue weighted by molar-refractivity contribution is 9.09. The maximum atomic E-state index is 11.2. The maximum Gasteiger partial charge on any atom is 0.342 e. The summed E-state index contributed by atoms with van der Waals surface area (Å²) in [6, 6.07) is 1.66. The molecule has 9 nitrogen and oxygen atoms in total. The highest BCUT2D eigenvalue weighted by Gasteiger charge is 2.30. The van der Waals surface area contributed by atoms with Crippen LogP contribution in [0.25, 0.3) is 0 Å². The molecule has 0 spiro atoms. The summed E-state index contributed by atoms with van der Waals surface area (Å²) >= 11 is 6.43. The van der Waals surface area contributed by atoms with Gasteiger partial charge < -0.3 is 10.0 Å². The van der Waals surface area contributed by atoms with Crippen molar-refractivity contribution in [3.05, 3.63) is 37.9 Å². The summed E-state index contributed by atoms with van der Waals surface area (Å²) in [5.74, 6) is -1.51. The topological polar surface area (TPSA) is 127 Å². The predicted molar refractivity (Wildman–Crippen MR) is 86.5 cm³/mol. The highest BCUT2D eigenvalue weighted by atomic mass is 79.9.